The van der Waals surface area contributed by atoms with Crippen LogP contribution in [0.5, 0.6) is 0 Å². The smallest absolute Gasteiger partial charge is 0.171 e. The quantitative estimate of drug-likeness (QED) is 0.852. The standard InChI is InChI=1S/C8H12ClN3OS/c1-6(5-14(2)13)12-8-7(9)10-3-4-11-8/h3-4,6H,5H2,1-2H3,(H,11,12). The van der Waals surface area contributed by atoms with Gasteiger partial charge in [0.05, 0.1) is 0 Å². The van der Waals surface area contributed by atoms with E-state index in [2.05, 4.69) is 15.3 Å². The Hall–Kier alpha value is -0.680. The van der Waals surface area contributed by atoms with E-state index >= 15 is 0 Å². The van der Waals surface area contributed by atoms with Crippen molar-refractivity contribution in [1.82, 2.24) is 9.97 Å². The predicted octanol–water partition coefficient (Wildman–Crippen LogP) is 1.31. The number of hydrogen-bond donors (Lipinski definition) is 1. The summed E-state index contributed by atoms with van der Waals surface area (Å²) in [5.74, 6) is 1.10. The van der Waals surface area contributed by atoms with Gasteiger partial charge in [0.15, 0.2) is 11.0 Å². The zero-order valence-corrected chi connectivity index (χ0v) is 9.60. The molecule has 1 heterocycles. The molecule has 0 spiro atoms. The average Bonchev–Trinajstić information content (AvgIpc) is 2.07. The average molecular weight is 234 g/mol. The van der Waals surface area contributed by atoms with Crippen LogP contribution in [0.15, 0.2) is 12.4 Å². The van der Waals surface area contributed by atoms with Crippen molar-refractivity contribution < 1.29 is 4.21 Å². The lowest BCUT2D eigenvalue weighted by Gasteiger charge is -2.12. The molecule has 0 aliphatic rings. The van der Waals surface area contributed by atoms with Crippen molar-refractivity contribution in [3.05, 3.63) is 17.5 Å². The molecule has 1 aromatic heterocycles. The minimum absolute atomic E-state index is 0.0648. The normalized spacial score (nSPS) is 14.8. The van der Waals surface area contributed by atoms with Gasteiger partial charge in [-0.3, -0.25) is 4.21 Å². The van der Waals surface area contributed by atoms with Crippen molar-refractivity contribution in [3.63, 3.8) is 0 Å². The summed E-state index contributed by atoms with van der Waals surface area (Å²) < 4.78 is 10.9. The van der Waals surface area contributed by atoms with E-state index in [1.165, 1.54) is 6.20 Å². The van der Waals surface area contributed by atoms with Crippen LogP contribution in [0.3, 0.4) is 0 Å². The molecule has 14 heavy (non-hydrogen) atoms. The lowest BCUT2D eigenvalue weighted by atomic mass is 10.4. The molecule has 4 nitrogen and oxygen atoms in total. The number of nitrogens with zero attached hydrogens (tertiary/aromatic N) is 2. The maximum Gasteiger partial charge on any atom is 0.171 e. The first-order valence-electron chi connectivity index (χ1n) is 4.12. The summed E-state index contributed by atoms with van der Waals surface area (Å²) in [7, 11) is -0.830. The number of rotatable bonds is 4. The molecule has 2 unspecified atom stereocenters. The summed E-state index contributed by atoms with van der Waals surface area (Å²) in [6.45, 7) is 1.92. The van der Waals surface area contributed by atoms with E-state index in [-0.39, 0.29) is 6.04 Å². The third-order valence-electron chi connectivity index (χ3n) is 1.52. The third kappa shape index (κ3) is 3.59. The van der Waals surface area contributed by atoms with Gasteiger partial charge in [-0.05, 0) is 6.92 Å². The summed E-state index contributed by atoms with van der Waals surface area (Å²) in [5, 5.41) is 3.38. The summed E-state index contributed by atoms with van der Waals surface area (Å²) in [4.78, 5) is 7.90. The van der Waals surface area contributed by atoms with Crippen LogP contribution in [-0.4, -0.2) is 32.2 Å². The van der Waals surface area contributed by atoms with Crippen LogP contribution in [-0.2, 0) is 10.8 Å². The molecule has 0 aliphatic heterocycles. The maximum atomic E-state index is 10.9. The van der Waals surface area contributed by atoms with Crippen molar-refractivity contribution in [2.45, 2.75) is 13.0 Å². The molecule has 0 fully saturated rings. The van der Waals surface area contributed by atoms with Gasteiger partial charge in [0.25, 0.3) is 0 Å². The number of nitrogens with one attached hydrogen (secondary N) is 1. The lowest BCUT2D eigenvalue weighted by molar-refractivity contribution is 0.683. The monoisotopic (exact) mass is 233 g/mol. The molecule has 0 amide bonds. The van der Waals surface area contributed by atoms with Gasteiger partial charge in [0, 0.05) is 41.2 Å². The number of aromatic nitrogens is 2. The topological polar surface area (TPSA) is 54.9 Å². The first-order chi connectivity index (χ1) is 6.59. The van der Waals surface area contributed by atoms with E-state index in [1.54, 1.807) is 12.5 Å². The fourth-order valence-corrected chi connectivity index (χ4v) is 1.99. The first kappa shape index (κ1) is 11.4. The van der Waals surface area contributed by atoms with Crippen LogP contribution >= 0.6 is 11.6 Å². The van der Waals surface area contributed by atoms with Crippen LogP contribution in [0.25, 0.3) is 0 Å². The molecule has 0 aliphatic carbocycles. The first-order valence-corrected chi connectivity index (χ1v) is 6.23. The van der Waals surface area contributed by atoms with Gasteiger partial charge >= 0.3 is 0 Å². The molecule has 0 aromatic carbocycles. The second-order valence-corrected chi connectivity index (χ2v) is 4.82. The Morgan fingerprint density at radius 3 is 2.79 bits per heavy atom. The molecule has 2 atom stereocenters. The van der Waals surface area contributed by atoms with Crippen molar-refractivity contribution in [2.24, 2.45) is 0 Å². The van der Waals surface area contributed by atoms with Gasteiger partial charge in [0.2, 0.25) is 0 Å². The highest BCUT2D eigenvalue weighted by atomic mass is 35.5. The largest absolute Gasteiger partial charge is 0.364 e. The number of halogens is 1. The van der Waals surface area contributed by atoms with Crippen LogP contribution < -0.4 is 5.32 Å². The fraction of sp³-hybridized carbons (Fsp3) is 0.500. The van der Waals surface area contributed by atoms with Crippen LogP contribution in [0.2, 0.25) is 5.15 Å². The van der Waals surface area contributed by atoms with Gasteiger partial charge in [-0.25, -0.2) is 9.97 Å². The van der Waals surface area contributed by atoms with E-state index in [0.717, 1.165) is 0 Å². The van der Waals surface area contributed by atoms with Crippen molar-refractivity contribution in [2.75, 3.05) is 17.3 Å². The number of anilines is 1. The van der Waals surface area contributed by atoms with E-state index in [9.17, 15) is 4.21 Å². The molecule has 0 radical (unpaired) electrons. The molecular weight excluding hydrogens is 222 g/mol. The van der Waals surface area contributed by atoms with E-state index in [4.69, 9.17) is 11.6 Å². The summed E-state index contributed by atoms with van der Waals surface area (Å²) in [6, 6.07) is 0.0648. The zero-order valence-electron chi connectivity index (χ0n) is 8.03. The second-order valence-electron chi connectivity index (χ2n) is 2.98. The SMILES string of the molecule is CC(CS(C)=O)Nc1nccnc1Cl. The Balaban J connectivity index is 2.60. The maximum absolute atomic E-state index is 10.9. The zero-order chi connectivity index (χ0) is 10.6. The molecule has 1 aromatic rings. The van der Waals surface area contributed by atoms with Gasteiger partial charge < -0.3 is 5.32 Å². The van der Waals surface area contributed by atoms with Crippen LogP contribution in [0.4, 0.5) is 5.82 Å². The Bertz CT molecular complexity index is 334. The highest BCUT2D eigenvalue weighted by molar-refractivity contribution is 7.84. The van der Waals surface area contributed by atoms with E-state index < -0.39 is 10.8 Å². The third-order valence-corrected chi connectivity index (χ3v) is 2.77. The molecule has 0 saturated heterocycles. The minimum atomic E-state index is -0.830. The van der Waals surface area contributed by atoms with Gasteiger partial charge in [-0.2, -0.15) is 0 Å². The van der Waals surface area contributed by atoms with Crippen LogP contribution in [0.1, 0.15) is 6.92 Å². The summed E-state index contributed by atoms with van der Waals surface area (Å²) in [5.41, 5.74) is 0. The minimum Gasteiger partial charge on any atom is -0.364 e. The molecule has 0 saturated carbocycles. The highest BCUT2D eigenvalue weighted by Gasteiger charge is 2.07. The molecular formula is C8H12ClN3OS. The Kier molecular flexibility index (Phi) is 4.28. The Morgan fingerprint density at radius 2 is 2.21 bits per heavy atom. The molecule has 1 rings (SSSR count). The van der Waals surface area contributed by atoms with Crippen LogP contribution in [0, 0.1) is 0 Å². The van der Waals surface area contributed by atoms with E-state index in [0.29, 0.717) is 16.7 Å². The van der Waals surface area contributed by atoms with Crippen molar-refractivity contribution in [1.29, 1.82) is 0 Å². The fourth-order valence-electron chi connectivity index (χ4n) is 1.04. The molecule has 0 bridgehead atoms. The second kappa shape index (κ2) is 5.26. The van der Waals surface area contributed by atoms with Crippen molar-refractivity contribution >= 4 is 28.2 Å². The van der Waals surface area contributed by atoms with E-state index in [1.807, 2.05) is 6.92 Å². The van der Waals surface area contributed by atoms with Gasteiger partial charge in [0.1, 0.15) is 0 Å². The van der Waals surface area contributed by atoms with Gasteiger partial charge in [-0.15, -0.1) is 0 Å². The summed E-state index contributed by atoms with van der Waals surface area (Å²) in [6.07, 6.45) is 4.75. The molecule has 6 heteroatoms. The predicted molar refractivity (Wildman–Crippen MR) is 59.1 cm³/mol. The lowest BCUT2D eigenvalue weighted by Crippen LogP contribution is -2.23. The molecule has 78 valence electrons. The summed E-state index contributed by atoms with van der Waals surface area (Å²) >= 11 is 5.79. The van der Waals surface area contributed by atoms with Crippen molar-refractivity contribution in [3.8, 4) is 0 Å². The number of hydrogen-bond acceptors (Lipinski definition) is 4. The Morgan fingerprint density at radius 1 is 1.57 bits per heavy atom. The molecule has 1 N–H and O–H groups in total. The Labute approximate surface area is 90.6 Å². The highest BCUT2D eigenvalue weighted by Crippen LogP contribution is 2.14. The van der Waals surface area contributed by atoms with Gasteiger partial charge in [-0.1, -0.05) is 11.6 Å².